The van der Waals surface area contributed by atoms with Crippen LogP contribution in [0.4, 0.5) is 0 Å². The van der Waals surface area contributed by atoms with Gasteiger partial charge in [-0.3, -0.25) is 4.79 Å². The van der Waals surface area contributed by atoms with Crippen molar-refractivity contribution in [2.75, 3.05) is 18.9 Å². The van der Waals surface area contributed by atoms with Gasteiger partial charge in [-0.15, -0.1) is 11.8 Å². The number of carbonyl (C=O) groups excluding carboxylic acids is 1. The van der Waals surface area contributed by atoms with Crippen molar-refractivity contribution in [1.82, 2.24) is 5.32 Å². The zero-order valence-corrected chi connectivity index (χ0v) is 12.9. The summed E-state index contributed by atoms with van der Waals surface area (Å²) >= 11 is 1.73. The lowest BCUT2D eigenvalue weighted by Gasteiger charge is -2.10. The Kier molecular flexibility index (Phi) is 6.16. The fraction of sp³-hybridized carbons (Fsp3) is 0.235. The topological polar surface area (TPSA) is 38.3 Å². The van der Waals surface area contributed by atoms with E-state index in [9.17, 15) is 4.79 Å². The molecule has 4 heteroatoms. The number of para-hydroxylation sites is 1. The molecule has 1 amide bonds. The molecule has 21 heavy (non-hydrogen) atoms. The summed E-state index contributed by atoms with van der Waals surface area (Å²) in [5.74, 6) is 1.38. The van der Waals surface area contributed by atoms with Crippen LogP contribution in [0.2, 0.25) is 0 Å². The summed E-state index contributed by atoms with van der Waals surface area (Å²) in [5, 5.41) is 2.93. The number of hydrogen-bond acceptors (Lipinski definition) is 3. The first kappa shape index (κ1) is 15.4. The van der Waals surface area contributed by atoms with Gasteiger partial charge in [-0.2, -0.15) is 0 Å². The molecule has 2 aromatic rings. The van der Waals surface area contributed by atoms with Gasteiger partial charge < -0.3 is 10.1 Å². The molecule has 0 aliphatic carbocycles. The molecule has 0 fully saturated rings. The first-order valence-corrected chi connectivity index (χ1v) is 7.97. The van der Waals surface area contributed by atoms with Gasteiger partial charge in [0.05, 0.1) is 12.2 Å². The lowest BCUT2D eigenvalue weighted by molar-refractivity contribution is 0.0952. The maximum absolute atomic E-state index is 12.2. The monoisotopic (exact) mass is 301 g/mol. The van der Waals surface area contributed by atoms with Gasteiger partial charge in [-0.1, -0.05) is 30.3 Å². The third-order valence-electron chi connectivity index (χ3n) is 2.83. The van der Waals surface area contributed by atoms with Crippen molar-refractivity contribution in [2.24, 2.45) is 0 Å². The van der Waals surface area contributed by atoms with Crippen molar-refractivity contribution < 1.29 is 9.53 Å². The van der Waals surface area contributed by atoms with Gasteiger partial charge in [-0.25, -0.2) is 0 Å². The van der Waals surface area contributed by atoms with Crippen LogP contribution in [0.5, 0.6) is 5.75 Å². The van der Waals surface area contributed by atoms with Gasteiger partial charge >= 0.3 is 0 Å². The zero-order chi connectivity index (χ0) is 14.9. The van der Waals surface area contributed by atoms with E-state index in [0.29, 0.717) is 24.5 Å². The molecule has 0 unspecified atom stereocenters. The average Bonchev–Trinajstić information content (AvgIpc) is 2.53. The highest BCUT2D eigenvalue weighted by atomic mass is 32.2. The molecule has 0 atom stereocenters. The van der Waals surface area contributed by atoms with E-state index in [1.807, 2.05) is 43.3 Å². The zero-order valence-electron chi connectivity index (χ0n) is 12.0. The van der Waals surface area contributed by atoms with Crippen molar-refractivity contribution in [3.63, 3.8) is 0 Å². The molecule has 0 heterocycles. The van der Waals surface area contributed by atoms with Gasteiger partial charge in [0.2, 0.25) is 0 Å². The van der Waals surface area contributed by atoms with Crippen LogP contribution < -0.4 is 10.1 Å². The first-order valence-electron chi connectivity index (χ1n) is 6.99. The third kappa shape index (κ3) is 4.83. The van der Waals surface area contributed by atoms with E-state index in [4.69, 9.17) is 4.74 Å². The minimum Gasteiger partial charge on any atom is -0.493 e. The Hall–Kier alpha value is -1.94. The number of carbonyl (C=O) groups is 1. The summed E-state index contributed by atoms with van der Waals surface area (Å²) in [4.78, 5) is 13.4. The van der Waals surface area contributed by atoms with Crippen LogP contribution >= 0.6 is 11.8 Å². The maximum Gasteiger partial charge on any atom is 0.255 e. The molecule has 0 saturated heterocycles. The molecular formula is C17H19NO2S. The molecule has 2 aromatic carbocycles. The summed E-state index contributed by atoms with van der Waals surface area (Å²) in [6.07, 6.45) is 0. The predicted octanol–water partition coefficient (Wildman–Crippen LogP) is 3.61. The largest absolute Gasteiger partial charge is 0.493 e. The molecule has 3 nitrogen and oxygen atoms in total. The highest BCUT2D eigenvalue weighted by Gasteiger charge is 2.10. The van der Waals surface area contributed by atoms with E-state index >= 15 is 0 Å². The highest BCUT2D eigenvalue weighted by Crippen LogP contribution is 2.18. The van der Waals surface area contributed by atoms with Crippen LogP contribution in [0.1, 0.15) is 17.3 Å². The number of ether oxygens (including phenoxy) is 1. The summed E-state index contributed by atoms with van der Waals surface area (Å²) in [6, 6.07) is 17.5. The Morgan fingerprint density at radius 3 is 2.57 bits per heavy atom. The smallest absolute Gasteiger partial charge is 0.255 e. The molecule has 0 aliphatic heterocycles. The van der Waals surface area contributed by atoms with Gasteiger partial charge in [0, 0.05) is 17.2 Å². The Balaban J connectivity index is 1.82. The Bertz CT molecular complexity index is 572. The average molecular weight is 301 g/mol. The number of nitrogens with one attached hydrogen (secondary N) is 1. The second kappa shape index (κ2) is 8.37. The lowest BCUT2D eigenvalue weighted by Crippen LogP contribution is -2.26. The molecule has 0 spiro atoms. The molecule has 2 rings (SSSR count). The van der Waals surface area contributed by atoms with Gasteiger partial charge in [0.15, 0.2) is 0 Å². The van der Waals surface area contributed by atoms with Crippen LogP contribution in [0.25, 0.3) is 0 Å². The van der Waals surface area contributed by atoms with Gasteiger partial charge in [0.25, 0.3) is 5.91 Å². The van der Waals surface area contributed by atoms with Crippen LogP contribution in [0, 0.1) is 0 Å². The predicted molar refractivity (Wildman–Crippen MR) is 87.1 cm³/mol. The molecule has 1 N–H and O–H groups in total. The molecular weight excluding hydrogens is 282 g/mol. The number of hydrogen-bond donors (Lipinski definition) is 1. The Morgan fingerprint density at radius 1 is 1.10 bits per heavy atom. The number of amides is 1. The van der Waals surface area contributed by atoms with Crippen molar-refractivity contribution in [3.8, 4) is 5.75 Å². The molecule has 0 saturated carbocycles. The highest BCUT2D eigenvalue weighted by molar-refractivity contribution is 7.99. The SMILES string of the molecule is CCOc1ccccc1C(=O)NCCSc1ccccc1. The number of benzene rings is 2. The third-order valence-corrected chi connectivity index (χ3v) is 3.84. The number of thioether (sulfide) groups is 1. The minimum atomic E-state index is -0.0901. The fourth-order valence-corrected chi connectivity index (χ4v) is 2.67. The standard InChI is InChI=1S/C17H19NO2S/c1-2-20-16-11-7-6-10-15(16)17(19)18-12-13-21-14-8-4-3-5-9-14/h3-11H,2,12-13H2,1H3,(H,18,19). The van der Waals surface area contributed by atoms with Crippen molar-refractivity contribution >= 4 is 17.7 Å². The quantitative estimate of drug-likeness (QED) is 0.627. The van der Waals surface area contributed by atoms with Crippen molar-refractivity contribution in [3.05, 3.63) is 60.2 Å². The van der Waals surface area contributed by atoms with Crippen LogP contribution in [0.3, 0.4) is 0 Å². The molecule has 110 valence electrons. The van der Waals surface area contributed by atoms with Crippen LogP contribution in [-0.2, 0) is 0 Å². The summed E-state index contributed by atoms with van der Waals surface area (Å²) in [7, 11) is 0. The van der Waals surface area contributed by atoms with Crippen molar-refractivity contribution in [2.45, 2.75) is 11.8 Å². The lowest BCUT2D eigenvalue weighted by atomic mass is 10.2. The second-order valence-electron chi connectivity index (χ2n) is 4.35. The molecule has 0 bridgehead atoms. The van der Waals surface area contributed by atoms with Gasteiger partial charge in [-0.05, 0) is 31.2 Å². The van der Waals surface area contributed by atoms with Crippen molar-refractivity contribution in [1.29, 1.82) is 0 Å². The normalized spacial score (nSPS) is 10.1. The van der Waals surface area contributed by atoms with E-state index in [2.05, 4.69) is 17.4 Å². The van der Waals surface area contributed by atoms with Gasteiger partial charge in [0.1, 0.15) is 5.75 Å². The molecule has 0 radical (unpaired) electrons. The first-order chi connectivity index (χ1) is 10.3. The fourth-order valence-electron chi connectivity index (χ4n) is 1.88. The van der Waals surface area contributed by atoms with E-state index < -0.39 is 0 Å². The molecule has 0 aromatic heterocycles. The van der Waals surface area contributed by atoms with E-state index in [1.165, 1.54) is 4.90 Å². The number of rotatable bonds is 7. The summed E-state index contributed by atoms with van der Waals surface area (Å²) in [5.41, 5.74) is 0.587. The van der Waals surface area contributed by atoms with Crippen LogP contribution in [-0.4, -0.2) is 24.8 Å². The second-order valence-corrected chi connectivity index (χ2v) is 5.51. The summed E-state index contributed by atoms with van der Waals surface area (Å²) in [6.45, 7) is 3.08. The maximum atomic E-state index is 12.2. The van der Waals surface area contributed by atoms with E-state index in [1.54, 1.807) is 17.8 Å². The van der Waals surface area contributed by atoms with Crippen LogP contribution in [0.15, 0.2) is 59.5 Å². The minimum absolute atomic E-state index is 0.0901. The van der Waals surface area contributed by atoms with E-state index in [-0.39, 0.29) is 5.91 Å². The summed E-state index contributed by atoms with van der Waals surface area (Å²) < 4.78 is 5.47. The van der Waals surface area contributed by atoms with E-state index in [0.717, 1.165) is 5.75 Å². The molecule has 0 aliphatic rings. The Labute approximate surface area is 129 Å². The Morgan fingerprint density at radius 2 is 1.81 bits per heavy atom.